The van der Waals surface area contributed by atoms with Gasteiger partial charge in [-0.05, 0) is 55.5 Å². The van der Waals surface area contributed by atoms with E-state index in [9.17, 15) is 64.6 Å². The van der Waals surface area contributed by atoms with Crippen molar-refractivity contribution in [1.29, 1.82) is 5.26 Å². The van der Waals surface area contributed by atoms with Crippen molar-refractivity contribution in [3.05, 3.63) is 83.9 Å². The van der Waals surface area contributed by atoms with Crippen LogP contribution in [0.3, 0.4) is 0 Å². The van der Waals surface area contributed by atoms with Crippen LogP contribution in [0.4, 0.5) is 33.6 Å². The van der Waals surface area contributed by atoms with E-state index in [2.05, 4.69) is 40.7 Å². The van der Waals surface area contributed by atoms with Crippen molar-refractivity contribution in [1.82, 2.24) is 14.4 Å². The van der Waals surface area contributed by atoms with E-state index in [0.717, 1.165) is 35.6 Å². The molecule has 7 N–H and O–H groups in total. The number of aromatic nitrogens is 3. The number of phenolic OH excluding ortho intramolecular Hbond substituents is 1. The zero-order chi connectivity index (χ0) is 49.6. The monoisotopic (exact) mass is 1020 g/mol. The molecule has 0 fully saturated rings. The van der Waals surface area contributed by atoms with Gasteiger partial charge >= 0.3 is 0 Å². The van der Waals surface area contributed by atoms with Gasteiger partial charge in [0.25, 0.3) is 30.4 Å². The standard InChI is InChI=1S/C40H30N10O15S4/c1-19-23(18-41)38-42-24-4-2-3-5-29(24)50(38)39(54)34(19)47-44-26-9-7-21-22(37(26)69(61,62)63)15-33(68(58,59)60)35(36(21)53)48-45-27-16-31(65-13-11-52)28(17-30(27)64-12-10-51)46-49-40-43-25-8-6-20(67(55,56)57)14-32(25)66-40/h2-9,14-17,51-54H,10-13H2,1H3,(H,55,56,57)(H,58,59,60)(H,61,62,63). The van der Waals surface area contributed by atoms with E-state index in [1.807, 2.05) is 6.07 Å². The fourth-order valence-electron chi connectivity index (χ4n) is 6.88. The van der Waals surface area contributed by atoms with Crippen molar-refractivity contribution in [2.45, 2.75) is 21.6 Å². The fraction of sp³-hybridized carbons (Fsp3) is 0.125. The summed E-state index contributed by atoms with van der Waals surface area (Å²) in [5, 5.41) is 74.9. The number of hydrogen-bond donors (Lipinski definition) is 7. The first-order chi connectivity index (χ1) is 32.7. The number of pyridine rings is 1. The Hall–Kier alpha value is -7.66. The molecule has 29 heteroatoms. The Morgan fingerprint density at radius 1 is 0.696 bits per heavy atom. The molecular formula is C40H30N10O15S4. The number of aliphatic hydroxyl groups is 2. The van der Waals surface area contributed by atoms with Gasteiger partial charge in [-0.15, -0.1) is 30.7 Å². The molecule has 0 atom stereocenters. The highest BCUT2D eigenvalue weighted by Gasteiger charge is 2.29. The Labute approximate surface area is 391 Å². The highest BCUT2D eigenvalue weighted by molar-refractivity contribution is 7.86. The molecule has 0 saturated heterocycles. The van der Waals surface area contributed by atoms with E-state index < -0.39 is 87.1 Å². The van der Waals surface area contributed by atoms with Crippen LogP contribution in [0.15, 0.2) is 118 Å². The van der Waals surface area contributed by atoms with Gasteiger partial charge in [0.15, 0.2) is 17.1 Å². The van der Waals surface area contributed by atoms with Crippen LogP contribution < -0.4 is 9.47 Å². The second kappa shape index (κ2) is 18.4. The van der Waals surface area contributed by atoms with Gasteiger partial charge in [-0.1, -0.05) is 23.5 Å². The summed E-state index contributed by atoms with van der Waals surface area (Å²) in [7, 11) is -15.4. The van der Waals surface area contributed by atoms with Gasteiger partial charge in [0.2, 0.25) is 11.0 Å². The summed E-state index contributed by atoms with van der Waals surface area (Å²) in [5.74, 6) is -1.98. The molecule has 3 heterocycles. The first-order valence-corrected chi connectivity index (χ1v) is 24.5. The predicted molar refractivity (Wildman–Crippen MR) is 243 cm³/mol. The topological polar surface area (TPSA) is 391 Å². The lowest BCUT2D eigenvalue weighted by Crippen LogP contribution is -2.04. The van der Waals surface area contributed by atoms with E-state index in [1.54, 1.807) is 24.3 Å². The van der Waals surface area contributed by atoms with Crippen molar-refractivity contribution in [2.24, 2.45) is 30.7 Å². The summed E-state index contributed by atoms with van der Waals surface area (Å²) in [6, 6.07) is 17.2. The van der Waals surface area contributed by atoms with E-state index in [4.69, 9.17) is 9.47 Å². The smallest absolute Gasteiger partial charge is 0.297 e. The summed E-state index contributed by atoms with van der Waals surface area (Å²) in [6.07, 6.45) is 0. The molecule has 0 unspecified atom stereocenters. The third kappa shape index (κ3) is 9.33. The number of para-hydroxylation sites is 2. The average molecular weight is 1020 g/mol. The molecule has 0 spiro atoms. The van der Waals surface area contributed by atoms with Gasteiger partial charge in [-0.25, -0.2) is 9.97 Å². The molecule has 0 saturated carbocycles. The molecule has 3 aromatic heterocycles. The maximum atomic E-state index is 13.0. The highest BCUT2D eigenvalue weighted by atomic mass is 32.2. The minimum absolute atomic E-state index is 0.0122. The largest absolute Gasteiger partial charge is 0.505 e. The molecule has 0 aliphatic carbocycles. The molecule has 69 heavy (non-hydrogen) atoms. The number of hydrogen-bond acceptors (Lipinski definition) is 22. The zero-order valence-electron chi connectivity index (χ0n) is 34.8. The van der Waals surface area contributed by atoms with Crippen LogP contribution >= 0.6 is 11.3 Å². The van der Waals surface area contributed by atoms with Crippen LogP contribution in [-0.2, 0) is 30.4 Å². The Kier molecular flexibility index (Phi) is 12.8. The van der Waals surface area contributed by atoms with Crippen LogP contribution in [0.1, 0.15) is 11.1 Å². The second-order valence-corrected chi connectivity index (χ2v) is 19.4. The Bertz CT molecular complexity index is 3930. The number of phenols is 1. The summed E-state index contributed by atoms with van der Waals surface area (Å²) in [5.41, 5.74) is -0.995. The SMILES string of the molecule is Cc1c(N=Nc2ccc3c(O)c(N=Nc4cc(OCCO)c(N=Nc5nc6ccc(S(=O)(=O)O)cc6s5)cc4OCCO)c(S(=O)(=O)O)cc3c2S(=O)(=O)O)c(O)n2c(nc3ccccc32)c1C#N. The van der Waals surface area contributed by atoms with E-state index >= 15 is 0 Å². The molecule has 5 aromatic carbocycles. The molecule has 25 nitrogen and oxygen atoms in total. The molecule has 0 aliphatic rings. The molecule has 8 rings (SSSR count). The van der Waals surface area contributed by atoms with E-state index in [0.29, 0.717) is 27.3 Å². The number of ether oxygens (including phenoxy) is 2. The van der Waals surface area contributed by atoms with Gasteiger partial charge in [-0.2, -0.15) is 30.5 Å². The molecule has 0 radical (unpaired) electrons. The molecule has 0 aliphatic heterocycles. The summed E-state index contributed by atoms with van der Waals surface area (Å²) >= 11 is 0.912. The number of imidazole rings is 1. The Balaban J connectivity index is 1.23. The van der Waals surface area contributed by atoms with Crippen molar-refractivity contribution < 1.29 is 68.8 Å². The van der Waals surface area contributed by atoms with Gasteiger partial charge in [-0.3, -0.25) is 18.1 Å². The van der Waals surface area contributed by atoms with Crippen molar-refractivity contribution in [3.8, 4) is 29.2 Å². The highest BCUT2D eigenvalue weighted by Crippen LogP contribution is 2.48. The number of aromatic hydroxyl groups is 2. The van der Waals surface area contributed by atoms with Gasteiger partial charge in [0, 0.05) is 28.5 Å². The molecule has 0 amide bonds. The number of aliphatic hydroxyl groups excluding tert-OH is 2. The first kappa shape index (κ1) is 47.8. The summed E-state index contributed by atoms with van der Waals surface area (Å²) in [6.45, 7) is -0.266. The number of nitrogens with zero attached hydrogens (tertiary/aromatic N) is 10. The lowest BCUT2D eigenvalue weighted by Gasteiger charge is -2.14. The predicted octanol–water partition coefficient (Wildman–Crippen LogP) is 7.57. The number of azo groups is 3. The molecule has 0 bridgehead atoms. The van der Waals surface area contributed by atoms with Crippen LogP contribution in [0, 0.1) is 18.3 Å². The van der Waals surface area contributed by atoms with E-state index in [-0.39, 0.29) is 68.6 Å². The van der Waals surface area contributed by atoms with E-state index in [1.165, 1.54) is 29.5 Å². The second-order valence-electron chi connectivity index (χ2n) is 14.2. The normalized spacial score (nSPS) is 12.7. The van der Waals surface area contributed by atoms with Crippen LogP contribution in [0.25, 0.3) is 37.7 Å². The summed E-state index contributed by atoms with van der Waals surface area (Å²) < 4.78 is 118. The number of fused-ring (bicyclic) bond motifs is 5. The van der Waals surface area contributed by atoms with Crippen LogP contribution in [0.2, 0.25) is 0 Å². The fourth-order valence-corrected chi connectivity index (χ4v) is 9.76. The van der Waals surface area contributed by atoms with Crippen molar-refractivity contribution in [2.75, 3.05) is 26.4 Å². The van der Waals surface area contributed by atoms with Crippen molar-refractivity contribution in [3.63, 3.8) is 0 Å². The summed E-state index contributed by atoms with van der Waals surface area (Å²) in [4.78, 5) is 5.97. The first-order valence-electron chi connectivity index (χ1n) is 19.3. The average Bonchev–Trinajstić information content (AvgIpc) is 3.89. The maximum Gasteiger partial charge on any atom is 0.297 e. The minimum atomic E-state index is -5.45. The quantitative estimate of drug-likeness (QED) is 0.0384. The minimum Gasteiger partial charge on any atom is -0.505 e. The third-order valence-electron chi connectivity index (χ3n) is 9.89. The third-order valence-corrected chi connectivity index (χ3v) is 13.5. The molecule has 8 aromatic rings. The Morgan fingerprint density at radius 3 is 1.96 bits per heavy atom. The van der Waals surface area contributed by atoms with Gasteiger partial charge < -0.3 is 29.9 Å². The number of benzene rings is 5. The van der Waals surface area contributed by atoms with Gasteiger partial charge in [0.1, 0.15) is 68.9 Å². The molecular weight excluding hydrogens is 989 g/mol. The number of nitriles is 1. The lowest BCUT2D eigenvalue weighted by atomic mass is 10.1. The number of thiazole rings is 1. The lowest BCUT2D eigenvalue weighted by molar-refractivity contribution is 0.198. The van der Waals surface area contributed by atoms with Crippen molar-refractivity contribution >= 4 is 113 Å². The molecule has 354 valence electrons. The van der Waals surface area contributed by atoms with Crippen LogP contribution in [0.5, 0.6) is 23.1 Å². The number of rotatable bonds is 15. The van der Waals surface area contributed by atoms with Crippen LogP contribution in [-0.4, -0.2) is 100 Å². The Morgan fingerprint density at radius 2 is 1.33 bits per heavy atom. The maximum absolute atomic E-state index is 13.0. The zero-order valence-corrected chi connectivity index (χ0v) is 38.0. The van der Waals surface area contributed by atoms with Gasteiger partial charge in [0.05, 0.1) is 39.4 Å².